The minimum atomic E-state index is 0.0442. The van der Waals surface area contributed by atoms with Crippen LogP contribution in [0.4, 0.5) is 0 Å². The summed E-state index contributed by atoms with van der Waals surface area (Å²) in [5.74, 6) is 0.972. The molecule has 1 aliphatic carbocycles. The van der Waals surface area contributed by atoms with Gasteiger partial charge in [0.15, 0.2) is 5.96 Å². The number of nitrogens with zero attached hydrogens (tertiary/aromatic N) is 1. The molecule has 0 unspecified atom stereocenters. The lowest BCUT2D eigenvalue weighted by Gasteiger charge is -2.44. The van der Waals surface area contributed by atoms with Gasteiger partial charge in [-0.15, -0.1) is 0 Å². The van der Waals surface area contributed by atoms with Gasteiger partial charge < -0.3 is 21.7 Å². The van der Waals surface area contributed by atoms with E-state index in [1.165, 1.54) is 12.8 Å². The lowest BCUT2D eigenvalue weighted by Crippen LogP contribution is -2.49. The van der Waals surface area contributed by atoms with E-state index in [1.807, 2.05) is 0 Å². The average Bonchev–Trinajstić information content (AvgIpc) is 3.29. The summed E-state index contributed by atoms with van der Waals surface area (Å²) >= 11 is 0. The minimum absolute atomic E-state index is 0.0442. The van der Waals surface area contributed by atoms with Gasteiger partial charge in [0.05, 0.1) is 0 Å². The molecule has 0 aromatic heterocycles. The summed E-state index contributed by atoms with van der Waals surface area (Å²) in [6.07, 6.45) is 9.61. The molecule has 0 aromatic rings. The summed E-state index contributed by atoms with van der Waals surface area (Å²) < 4.78 is 0. The van der Waals surface area contributed by atoms with Crippen LogP contribution in [0.3, 0.4) is 0 Å². The highest BCUT2D eigenvalue weighted by atomic mass is 16.2. The number of amides is 1. The van der Waals surface area contributed by atoms with Gasteiger partial charge in [0.25, 0.3) is 0 Å². The molecule has 24 heavy (non-hydrogen) atoms. The highest BCUT2D eigenvalue weighted by molar-refractivity contribution is 5.76. The maximum absolute atomic E-state index is 12.6. The summed E-state index contributed by atoms with van der Waals surface area (Å²) in [6, 6.07) is 0.376. The molecule has 138 valence electrons. The van der Waals surface area contributed by atoms with E-state index < -0.39 is 0 Å². The van der Waals surface area contributed by atoms with Crippen molar-refractivity contribution in [3.63, 3.8) is 0 Å². The van der Waals surface area contributed by atoms with Crippen molar-refractivity contribution in [2.24, 2.45) is 22.8 Å². The molecule has 1 amide bonds. The molecule has 1 saturated heterocycles. The lowest BCUT2D eigenvalue weighted by atomic mass is 9.76. The molecule has 6 N–H and O–H groups in total. The summed E-state index contributed by atoms with van der Waals surface area (Å²) in [6.45, 7) is 4.60. The molecule has 2 aliphatic rings. The van der Waals surface area contributed by atoms with E-state index in [0.717, 1.165) is 51.6 Å². The van der Waals surface area contributed by atoms with E-state index in [9.17, 15) is 4.79 Å². The number of carbonyl (C=O) groups is 1. The third kappa shape index (κ3) is 5.10. The van der Waals surface area contributed by atoms with Crippen molar-refractivity contribution in [1.29, 1.82) is 5.41 Å². The van der Waals surface area contributed by atoms with Gasteiger partial charge in [-0.25, -0.2) is 0 Å². The van der Waals surface area contributed by atoms with Gasteiger partial charge in [-0.3, -0.25) is 10.2 Å². The molecule has 6 nitrogen and oxygen atoms in total. The molecule has 2 rings (SSSR count). The first kappa shape index (κ1) is 19.0. The number of nitrogens with one attached hydrogen (secondary N) is 2. The van der Waals surface area contributed by atoms with Crippen molar-refractivity contribution in [2.75, 3.05) is 19.6 Å². The maximum atomic E-state index is 12.6. The predicted molar refractivity (Wildman–Crippen MR) is 97.6 cm³/mol. The number of hydrogen-bond donors (Lipinski definition) is 4. The highest BCUT2D eigenvalue weighted by Gasteiger charge is 2.53. The van der Waals surface area contributed by atoms with Gasteiger partial charge in [0.2, 0.25) is 5.91 Å². The number of likely N-dealkylation sites (tertiary alicyclic amines) is 1. The van der Waals surface area contributed by atoms with Gasteiger partial charge >= 0.3 is 0 Å². The Morgan fingerprint density at radius 2 is 2.04 bits per heavy atom. The lowest BCUT2D eigenvalue weighted by molar-refractivity contribution is -0.137. The molecule has 1 heterocycles. The maximum Gasteiger partial charge on any atom is 0.222 e. The second kappa shape index (κ2) is 8.70. The van der Waals surface area contributed by atoms with Crippen molar-refractivity contribution in [3.05, 3.63) is 0 Å². The smallest absolute Gasteiger partial charge is 0.222 e. The Morgan fingerprint density at radius 3 is 2.67 bits per heavy atom. The Hall–Kier alpha value is -1.30. The van der Waals surface area contributed by atoms with Crippen LogP contribution in [0.1, 0.15) is 64.7 Å². The van der Waals surface area contributed by atoms with Crippen LogP contribution in [0, 0.1) is 16.7 Å². The number of hydrogen-bond acceptors (Lipinski definition) is 3. The van der Waals surface area contributed by atoms with Gasteiger partial charge in [-0.2, -0.15) is 0 Å². The molecular formula is C18H35N5O. The molecule has 1 aliphatic heterocycles. The fourth-order valence-electron chi connectivity index (χ4n) is 4.31. The zero-order valence-electron chi connectivity index (χ0n) is 15.2. The largest absolute Gasteiger partial charge is 0.370 e. The Morgan fingerprint density at radius 1 is 1.29 bits per heavy atom. The first-order valence-electron chi connectivity index (χ1n) is 9.56. The first-order chi connectivity index (χ1) is 11.5. The molecule has 0 aromatic carbocycles. The van der Waals surface area contributed by atoms with E-state index in [-0.39, 0.29) is 5.96 Å². The van der Waals surface area contributed by atoms with Crippen molar-refractivity contribution in [1.82, 2.24) is 10.2 Å². The number of rotatable bonds is 9. The third-order valence-electron chi connectivity index (χ3n) is 5.87. The SMILES string of the molecule is C[C@H]1CC2(CC2)[C@@H](CCCNC(=N)N)CN1C(=O)CCCCCN. The summed E-state index contributed by atoms with van der Waals surface area (Å²) in [4.78, 5) is 14.7. The fourth-order valence-corrected chi connectivity index (χ4v) is 4.31. The molecule has 1 saturated carbocycles. The third-order valence-corrected chi connectivity index (χ3v) is 5.87. The van der Waals surface area contributed by atoms with Crippen molar-refractivity contribution < 1.29 is 4.79 Å². The predicted octanol–water partition coefficient (Wildman–Crippen LogP) is 1.79. The van der Waals surface area contributed by atoms with E-state index in [1.54, 1.807) is 0 Å². The standard InChI is InChI=1S/C18H35N5O/c1-14-12-18(8-9-18)15(6-5-11-22-17(20)21)13-23(14)16(24)7-3-2-4-10-19/h14-15H,2-13,19H2,1H3,(H4,20,21,22)/t14-,15-/m0/s1. The van der Waals surface area contributed by atoms with Crippen LogP contribution in [0.2, 0.25) is 0 Å². The van der Waals surface area contributed by atoms with Gasteiger partial charge in [0.1, 0.15) is 0 Å². The Bertz CT molecular complexity index is 435. The molecule has 0 radical (unpaired) electrons. The second-order valence-corrected chi connectivity index (χ2v) is 7.74. The second-order valence-electron chi connectivity index (χ2n) is 7.74. The van der Waals surface area contributed by atoms with Crippen LogP contribution >= 0.6 is 0 Å². The minimum Gasteiger partial charge on any atom is -0.370 e. The number of unbranched alkanes of at least 4 members (excludes halogenated alkanes) is 2. The molecule has 0 bridgehead atoms. The number of piperidine rings is 1. The Balaban J connectivity index is 1.82. The topological polar surface area (TPSA) is 108 Å². The zero-order chi connectivity index (χ0) is 17.6. The molecule has 1 spiro atoms. The van der Waals surface area contributed by atoms with Crippen molar-refractivity contribution in [2.45, 2.75) is 70.8 Å². The average molecular weight is 338 g/mol. The molecule has 2 fully saturated rings. The van der Waals surface area contributed by atoms with Gasteiger partial charge in [-0.1, -0.05) is 6.42 Å². The van der Waals surface area contributed by atoms with Crippen LogP contribution in [-0.2, 0) is 4.79 Å². The van der Waals surface area contributed by atoms with E-state index in [0.29, 0.717) is 36.2 Å². The van der Waals surface area contributed by atoms with E-state index in [4.69, 9.17) is 16.9 Å². The van der Waals surface area contributed by atoms with Crippen LogP contribution in [0.15, 0.2) is 0 Å². The van der Waals surface area contributed by atoms with Crippen LogP contribution in [0.25, 0.3) is 0 Å². The number of nitrogens with two attached hydrogens (primary N) is 2. The Kier molecular flexibility index (Phi) is 6.90. The molecular weight excluding hydrogens is 302 g/mol. The van der Waals surface area contributed by atoms with Gasteiger partial charge in [0, 0.05) is 25.6 Å². The molecule has 6 heteroatoms. The normalized spacial score (nSPS) is 24.8. The fraction of sp³-hybridized carbons (Fsp3) is 0.889. The number of carbonyl (C=O) groups excluding carboxylic acids is 1. The monoisotopic (exact) mass is 337 g/mol. The number of guanidine groups is 1. The van der Waals surface area contributed by atoms with Crippen molar-refractivity contribution in [3.8, 4) is 0 Å². The van der Waals surface area contributed by atoms with Crippen LogP contribution in [0.5, 0.6) is 0 Å². The van der Waals surface area contributed by atoms with Crippen LogP contribution in [-0.4, -0.2) is 42.4 Å². The molecule has 2 atom stereocenters. The van der Waals surface area contributed by atoms with Crippen LogP contribution < -0.4 is 16.8 Å². The Labute approximate surface area is 146 Å². The van der Waals surface area contributed by atoms with E-state index in [2.05, 4.69) is 17.1 Å². The first-order valence-corrected chi connectivity index (χ1v) is 9.56. The quantitative estimate of drug-likeness (QED) is 0.292. The van der Waals surface area contributed by atoms with E-state index >= 15 is 0 Å². The summed E-state index contributed by atoms with van der Waals surface area (Å²) in [5, 5.41) is 10.1. The summed E-state index contributed by atoms with van der Waals surface area (Å²) in [7, 11) is 0. The highest BCUT2D eigenvalue weighted by Crippen LogP contribution is 2.59. The van der Waals surface area contributed by atoms with Gasteiger partial charge in [-0.05, 0) is 69.7 Å². The summed E-state index contributed by atoms with van der Waals surface area (Å²) in [5.41, 5.74) is 11.3. The zero-order valence-corrected chi connectivity index (χ0v) is 15.2. The van der Waals surface area contributed by atoms with Crippen molar-refractivity contribution >= 4 is 11.9 Å².